The molecule has 0 fully saturated rings. The average molecular weight is 196 g/mol. The first-order valence-electron chi connectivity index (χ1n) is 3.90. The average Bonchev–Trinajstić information content (AvgIpc) is 2.59. The minimum absolute atomic E-state index is 0.704. The Morgan fingerprint density at radius 3 is 1.92 bits per heavy atom. The summed E-state index contributed by atoms with van der Waals surface area (Å²) in [5, 5.41) is 15.5. The van der Waals surface area contributed by atoms with E-state index in [1.807, 2.05) is 0 Å². The van der Waals surface area contributed by atoms with Crippen LogP contribution in [0.25, 0.3) is 0 Å². The lowest BCUT2D eigenvalue weighted by Crippen LogP contribution is -1.96. The Hall–Kier alpha value is -1.36. The summed E-state index contributed by atoms with van der Waals surface area (Å²) >= 11 is 1.47. The Morgan fingerprint density at radius 2 is 1.54 bits per heavy atom. The van der Waals surface area contributed by atoms with E-state index in [0.717, 1.165) is 10.3 Å². The molecule has 0 radical (unpaired) electrons. The van der Waals surface area contributed by atoms with Crippen LogP contribution in [0.4, 0.5) is 10.3 Å². The zero-order valence-corrected chi connectivity index (χ0v) is 8.10. The highest BCUT2D eigenvalue weighted by atomic mass is 32.1. The molecule has 0 amide bonds. The second-order valence-corrected chi connectivity index (χ2v) is 3.23. The van der Waals surface area contributed by atoms with Crippen molar-refractivity contribution in [3.63, 3.8) is 0 Å². The third-order valence-corrected chi connectivity index (χ3v) is 2.06. The van der Waals surface area contributed by atoms with Crippen LogP contribution in [0.1, 0.15) is 0 Å². The molecule has 1 heterocycles. The lowest BCUT2D eigenvalue weighted by Gasteiger charge is -1.94. The number of hydrogen-bond donors (Lipinski definition) is 2. The maximum Gasteiger partial charge on any atom is 0.207 e. The molecule has 4 nitrogen and oxygen atoms in total. The molecule has 1 rings (SSSR count). The highest BCUT2D eigenvalue weighted by Gasteiger charge is 1.99. The van der Waals surface area contributed by atoms with Crippen molar-refractivity contribution in [2.75, 3.05) is 23.7 Å². The monoisotopic (exact) mass is 196 g/mol. The van der Waals surface area contributed by atoms with Crippen LogP contribution in [0, 0.1) is 0 Å². The Labute approximate surface area is 81.4 Å². The molecule has 13 heavy (non-hydrogen) atoms. The number of nitrogens with one attached hydrogen (secondary N) is 2. The van der Waals surface area contributed by atoms with Crippen LogP contribution >= 0.6 is 11.3 Å². The first kappa shape index (κ1) is 9.73. The molecule has 0 bridgehead atoms. The SMILES string of the molecule is C=CCNc1nnc(NCC=C)s1. The largest absolute Gasteiger partial charge is 0.357 e. The van der Waals surface area contributed by atoms with Gasteiger partial charge in [-0.15, -0.1) is 23.4 Å². The van der Waals surface area contributed by atoms with Crippen LogP contribution < -0.4 is 10.6 Å². The smallest absolute Gasteiger partial charge is 0.207 e. The normalized spacial score (nSPS) is 9.23. The molecule has 0 aliphatic carbocycles. The van der Waals surface area contributed by atoms with E-state index < -0.39 is 0 Å². The highest BCUT2D eigenvalue weighted by Crippen LogP contribution is 2.18. The first-order valence-corrected chi connectivity index (χ1v) is 4.71. The van der Waals surface area contributed by atoms with Crippen LogP contribution in [-0.2, 0) is 0 Å². The van der Waals surface area contributed by atoms with E-state index in [0.29, 0.717) is 13.1 Å². The molecule has 1 aromatic rings. The van der Waals surface area contributed by atoms with Crippen molar-refractivity contribution in [3.8, 4) is 0 Å². The van der Waals surface area contributed by atoms with E-state index in [-0.39, 0.29) is 0 Å². The second kappa shape index (κ2) is 5.31. The minimum atomic E-state index is 0.704. The van der Waals surface area contributed by atoms with Crippen molar-refractivity contribution >= 4 is 21.6 Å². The van der Waals surface area contributed by atoms with Gasteiger partial charge in [0.2, 0.25) is 10.3 Å². The van der Waals surface area contributed by atoms with E-state index in [1.54, 1.807) is 12.2 Å². The molecule has 0 saturated heterocycles. The van der Waals surface area contributed by atoms with Crippen molar-refractivity contribution in [3.05, 3.63) is 25.3 Å². The fourth-order valence-electron chi connectivity index (χ4n) is 0.685. The summed E-state index contributed by atoms with van der Waals surface area (Å²) in [4.78, 5) is 0. The van der Waals surface area contributed by atoms with Crippen molar-refractivity contribution in [2.24, 2.45) is 0 Å². The van der Waals surface area contributed by atoms with Gasteiger partial charge in [-0.2, -0.15) is 0 Å². The first-order chi connectivity index (χ1) is 6.36. The Morgan fingerprint density at radius 1 is 1.08 bits per heavy atom. The summed E-state index contributed by atoms with van der Waals surface area (Å²) in [6.07, 6.45) is 3.55. The molecule has 0 aromatic carbocycles. The Kier molecular flexibility index (Phi) is 3.98. The summed E-state index contributed by atoms with van der Waals surface area (Å²) < 4.78 is 0. The number of aromatic nitrogens is 2. The molecule has 0 atom stereocenters. The standard InChI is InChI=1S/C8H12N4S/c1-3-5-9-7-11-12-8(13-7)10-6-4-2/h3-4H,1-2,5-6H2,(H,9,11)(H,10,12). The van der Waals surface area contributed by atoms with Gasteiger partial charge >= 0.3 is 0 Å². The fourth-order valence-corrected chi connectivity index (χ4v) is 1.34. The Bertz CT molecular complexity index is 255. The third-order valence-electron chi connectivity index (χ3n) is 1.22. The number of anilines is 2. The summed E-state index contributed by atoms with van der Waals surface area (Å²) in [6.45, 7) is 8.60. The minimum Gasteiger partial charge on any atom is -0.357 e. The lowest BCUT2D eigenvalue weighted by molar-refractivity contribution is 1.07. The van der Waals surface area contributed by atoms with Crippen molar-refractivity contribution in [1.29, 1.82) is 0 Å². The molecule has 0 aliphatic rings. The molecular formula is C8H12N4S. The molecule has 0 saturated carbocycles. The molecule has 5 heteroatoms. The summed E-state index contributed by atoms with van der Waals surface area (Å²) in [7, 11) is 0. The zero-order valence-electron chi connectivity index (χ0n) is 7.29. The lowest BCUT2D eigenvalue weighted by atomic mass is 10.6. The van der Waals surface area contributed by atoms with Crippen molar-refractivity contribution in [2.45, 2.75) is 0 Å². The van der Waals surface area contributed by atoms with Gasteiger partial charge in [0.25, 0.3) is 0 Å². The molecule has 0 aliphatic heterocycles. The van der Waals surface area contributed by atoms with E-state index in [4.69, 9.17) is 0 Å². The predicted octanol–water partition coefficient (Wildman–Crippen LogP) is 1.73. The van der Waals surface area contributed by atoms with Gasteiger partial charge in [0, 0.05) is 13.1 Å². The van der Waals surface area contributed by atoms with Gasteiger partial charge < -0.3 is 10.6 Å². The molecule has 0 spiro atoms. The van der Waals surface area contributed by atoms with Crippen LogP contribution in [0.3, 0.4) is 0 Å². The van der Waals surface area contributed by atoms with Crippen LogP contribution in [0.2, 0.25) is 0 Å². The van der Waals surface area contributed by atoms with Gasteiger partial charge in [0.15, 0.2) is 0 Å². The van der Waals surface area contributed by atoms with E-state index >= 15 is 0 Å². The number of nitrogens with zero attached hydrogens (tertiary/aromatic N) is 2. The number of rotatable bonds is 6. The van der Waals surface area contributed by atoms with Crippen LogP contribution in [-0.4, -0.2) is 23.3 Å². The van der Waals surface area contributed by atoms with Crippen LogP contribution in [0.15, 0.2) is 25.3 Å². The van der Waals surface area contributed by atoms with Gasteiger partial charge in [0.1, 0.15) is 0 Å². The van der Waals surface area contributed by atoms with Gasteiger partial charge in [-0.25, -0.2) is 0 Å². The zero-order chi connectivity index (χ0) is 9.52. The van der Waals surface area contributed by atoms with E-state index in [9.17, 15) is 0 Å². The van der Waals surface area contributed by atoms with E-state index in [1.165, 1.54) is 11.3 Å². The van der Waals surface area contributed by atoms with E-state index in [2.05, 4.69) is 34.0 Å². The van der Waals surface area contributed by atoms with Gasteiger partial charge in [-0.1, -0.05) is 23.5 Å². The maximum absolute atomic E-state index is 3.92. The topological polar surface area (TPSA) is 49.8 Å². The van der Waals surface area contributed by atoms with Crippen LogP contribution in [0.5, 0.6) is 0 Å². The molecule has 1 aromatic heterocycles. The summed E-state index contributed by atoms with van der Waals surface area (Å²) in [5.74, 6) is 0. The van der Waals surface area contributed by atoms with Gasteiger partial charge in [0.05, 0.1) is 0 Å². The van der Waals surface area contributed by atoms with Gasteiger partial charge in [-0.05, 0) is 0 Å². The van der Waals surface area contributed by atoms with Crippen molar-refractivity contribution in [1.82, 2.24) is 10.2 Å². The third kappa shape index (κ3) is 3.25. The van der Waals surface area contributed by atoms with Crippen molar-refractivity contribution < 1.29 is 0 Å². The highest BCUT2D eigenvalue weighted by molar-refractivity contribution is 7.19. The predicted molar refractivity (Wildman–Crippen MR) is 57.3 cm³/mol. The Balaban J connectivity index is 2.43. The summed E-state index contributed by atoms with van der Waals surface area (Å²) in [5.41, 5.74) is 0. The molecule has 70 valence electrons. The number of hydrogen-bond acceptors (Lipinski definition) is 5. The van der Waals surface area contributed by atoms with Gasteiger partial charge in [-0.3, -0.25) is 0 Å². The maximum atomic E-state index is 3.92. The molecule has 2 N–H and O–H groups in total. The summed E-state index contributed by atoms with van der Waals surface area (Å²) in [6, 6.07) is 0. The fraction of sp³-hybridized carbons (Fsp3) is 0.250. The molecular weight excluding hydrogens is 184 g/mol. The second-order valence-electron chi connectivity index (χ2n) is 2.25. The molecule has 0 unspecified atom stereocenters. The quantitative estimate of drug-likeness (QED) is 0.680.